The number of hydrogen-bond acceptors (Lipinski definition) is 4. The van der Waals surface area contributed by atoms with Gasteiger partial charge in [-0.2, -0.15) is 0 Å². The van der Waals surface area contributed by atoms with Gasteiger partial charge in [0.2, 0.25) is 15.9 Å². The second-order valence-corrected chi connectivity index (χ2v) is 7.73. The highest BCUT2D eigenvalue weighted by atomic mass is 32.2. The summed E-state index contributed by atoms with van der Waals surface area (Å²) in [5.74, 6) is -0.127. The average Bonchev–Trinajstić information content (AvgIpc) is 2.63. The number of benzene rings is 2. The number of aryl methyl sites for hydroxylation is 2. The van der Waals surface area contributed by atoms with Crippen LogP contribution in [0.25, 0.3) is 0 Å². The highest BCUT2D eigenvalue weighted by Gasteiger charge is 2.21. The van der Waals surface area contributed by atoms with E-state index in [9.17, 15) is 13.2 Å². The van der Waals surface area contributed by atoms with Crippen molar-refractivity contribution in [3.05, 3.63) is 59.2 Å². The highest BCUT2D eigenvalue weighted by Crippen LogP contribution is 2.27. The zero-order chi connectivity index (χ0) is 19.2. The van der Waals surface area contributed by atoms with Crippen LogP contribution in [0.2, 0.25) is 0 Å². The zero-order valence-electron chi connectivity index (χ0n) is 15.2. The van der Waals surface area contributed by atoms with E-state index in [-0.39, 0.29) is 23.1 Å². The van der Waals surface area contributed by atoms with E-state index in [0.717, 1.165) is 16.7 Å². The van der Waals surface area contributed by atoms with Gasteiger partial charge in [0, 0.05) is 6.54 Å². The first-order valence-corrected chi connectivity index (χ1v) is 9.77. The fourth-order valence-corrected chi connectivity index (χ4v) is 3.64. The summed E-state index contributed by atoms with van der Waals surface area (Å²) in [4.78, 5) is 11.9. The molecular weight excluding hydrogens is 352 g/mol. The third-order valence-corrected chi connectivity index (χ3v) is 5.49. The molecule has 0 aromatic heterocycles. The summed E-state index contributed by atoms with van der Waals surface area (Å²) in [5, 5.41) is 2.71. The van der Waals surface area contributed by atoms with Gasteiger partial charge in [-0.3, -0.25) is 4.79 Å². The molecule has 7 heteroatoms. The molecule has 0 saturated heterocycles. The van der Waals surface area contributed by atoms with Crippen molar-refractivity contribution in [2.24, 2.45) is 0 Å². The minimum atomic E-state index is -3.85. The average molecular weight is 376 g/mol. The predicted octanol–water partition coefficient (Wildman–Crippen LogP) is 1.95. The fraction of sp³-hybridized carbons (Fsp3) is 0.316. The van der Waals surface area contributed by atoms with Gasteiger partial charge < -0.3 is 10.1 Å². The first-order chi connectivity index (χ1) is 12.3. The molecule has 1 amide bonds. The molecule has 0 unspecified atom stereocenters. The lowest BCUT2D eigenvalue weighted by atomic mass is 10.1. The van der Waals surface area contributed by atoms with Crippen molar-refractivity contribution < 1.29 is 17.9 Å². The summed E-state index contributed by atoms with van der Waals surface area (Å²) in [6, 6.07) is 13.0. The van der Waals surface area contributed by atoms with E-state index in [2.05, 4.69) is 10.0 Å². The number of ether oxygens (including phenoxy) is 1. The Balaban J connectivity index is 1.93. The van der Waals surface area contributed by atoms with Crippen LogP contribution in [0.3, 0.4) is 0 Å². The largest absolute Gasteiger partial charge is 0.495 e. The Kier molecular flexibility index (Phi) is 6.76. The Labute approximate surface area is 154 Å². The van der Waals surface area contributed by atoms with Crippen LogP contribution >= 0.6 is 0 Å². The molecule has 26 heavy (non-hydrogen) atoms. The molecule has 0 spiro atoms. The Morgan fingerprint density at radius 1 is 1.08 bits per heavy atom. The smallest absolute Gasteiger partial charge is 0.244 e. The van der Waals surface area contributed by atoms with Crippen LogP contribution in [0.15, 0.2) is 47.4 Å². The van der Waals surface area contributed by atoms with Gasteiger partial charge in [-0.25, -0.2) is 13.1 Å². The molecular formula is C19H24N2O4S. The van der Waals surface area contributed by atoms with Crippen LogP contribution in [0.4, 0.5) is 0 Å². The molecule has 0 aliphatic rings. The van der Waals surface area contributed by atoms with Crippen molar-refractivity contribution >= 4 is 15.9 Å². The lowest BCUT2D eigenvalue weighted by molar-refractivity contribution is -0.119. The Bertz CT molecular complexity index is 865. The molecule has 2 aromatic carbocycles. The number of nitrogens with one attached hydrogen (secondary N) is 2. The maximum Gasteiger partial charge on any atom is 0.244 e. The van der Waals surface area contributed by atoms with Crippen molar-refractivity contribution in [2.45, 2.75) is 25.2 Å². The summed E-state index contributed by atoms with van der Waals surface area (Å²) in [5.41, 5.74) is 2.87. The second kappa shape index (κ2) is 8.82. The molecule has 0 fully saturated rings. The van der Waals surface area contributed by atoms with E-state index in [0.29, 0.717) is 13.0 Å². The number of amides is 1. The third-order valence-electron chi connectivity index (χ3n) is 4.07. The van der Waals surface area contributed by atoms with E-state index >= 15 is 0 Å². The molecule has 0 heterocycles. The fourth-order valence-electron chi connectivity index (χ4n) is 2.42. The van der Waals surface area contributed by atoms with Crippen LogP contribution in [0, 0.1) is 13.8 Å². The maximum absolute atomic E-state index is 12.5. The predicted molar refractivity (Wildman–Crippen MR) is 101 cm³/mol. The number of methoxy groups -OCH3 is 1. The van der Waals surface area contributed by atoms with Crippen LogP contribution in [-0.4, -0.2) is 34.5 Å². The first-order valence-electron chi connectivity index (χ1n) is 8.29. The minimum absolute atomic E-state index is 0.0279. The third kappa shape index (κ3) is 5.31. The second-order valence-electron chi connectivity index (χ2n) is 6.00. The van der Waals surface area contributed by atoms with Crippen molar-refractivity contribution in [3.8, 4) is 5.75 Å². The summed E-state index contributed by atoms with van der Waals surface area (Å²) in [6.45, 7) is 3.82. The van der Waals surface area contributed by atoms with Crippen molar-refractivity contribution in [1.82, 2.24) is 10.0 Å². The standard InChI is InChI=1S/C19H24N2O4S/c1-14-11-17(25-3)18(12-15(14)2)26(23,24)21-13-19(22)20-10-9-16-7-5-4-6-8-16/h4-8,11-12,21H,9-10,13H2,1-3H3,(H,20,22). The lowest BCUT2D eigenvalue weighted by Gasteiger charge is -2.13. The number of sulfonamides is 1. The van der Waals surface area contributed by atoms with E-state index < -0.39 is 10.0 Å². The quantitative estimate of drug-likeness (QED) is 0.737. The van der Waals surface area contributed by atoms with Crippen LogP contribution < -0.4 is 14.8 Å². The maximum atomic E-state index is 12.5. The van der Waals surface area contributed by atoms with E-state index in [1.807, 2.05) is 44.2 Å². The zero-order valence-corrected chi connectivity index (χ0v) is 16.0. The van der Waals surface area contributed by atoms with E-state index in [1.165, 1.54) is 7.11 Å². The molecule has 0 bridgehead atoms. The van der Waals surface area contributed by atoms with Crippen LogP contribution in [0.5, 0.6) is 5.75 Å². The SMILES string of the molecule is COc1cc(C)c(C)cc1S(=O)(=O)NCC(=O)NCCc1ccccc1. The molecule has 2 N–H and O–H groups in total. The summed E-state index contributed by atoms with van der Waals surface area (Å²) >= 11 is 0. The van der Waals surface area contributed by atoms with Gasteiger partial charge in [-0.1, -0.05) is 30.3 Å². The number of carbonyl (C=O) groups excluding carboxylic acids is 1. The molecule has 2 aromatic rings. The first kappa shape index (κ1) is 19.9. The van der Waals surface area contributed by atoms with Gasteiger partial charge in [0.15, 0.2) is 0 Å². The highest BCUT2D eigenvalue weighted by molar-refractivity contribution is 7.89. The Morgan fingerprint density at radius 2 is 1.73 bits per heavy atom. The Hall–Kier alpha value is -2.38. The molecule has 0 atom stereocenters. The van der Waals surface area contributed by atoms with Gasteiger partial charge in [0.05, 0.1) is 13.7 Å². The molecule has 0 aliphatic carbocycles. The molecule has 2 rings (SSSR count). The van der Waals surface area contributed by atoms with Crippen molar-refractivity contribution in [1.29, 1.82) is 0 Å². The van der Waals surface area contributed by atoms with Gasteiger partial charge >= 0.3 is 0 Å². The lowest BCUT2D eigenvalue weighted by Crippen LogP contribution is -2.37. The molecule has 140 valence electrons. The van der Waals surface area contributed by atoms with Crippen LogP contribution in [-0.2, 0) is 21.2 Å². The summed E-state index contributed by atoms with van der Waals surface area (Å²) in [7, 11) is -2.43. The molecule has 6 nitrogen and oxygen atoms in total. The molecule has 0 saturated carbocycles. The summed E-state index contributed by atoms with van der Waals surface area (Å²) in [6.07, 6.45) is 0.685. The van der Waals surface area contributed by atoms with Gasteiger partial charge in [0.1, 0.15) is 10.6 Å². The number of rotatable bonds is 8. The minimum Gasteiger partial charge on any atom is -0.495 e. The number of carbonyl (C=O) groups is 1. The van der Waals surface area contributed by atoms with Gasteiger partial charge in [-0.05, 0) is 49.1 Å². The van der Waals surface area contributed by atoms with Gasteiger partial charge in [0.25, 0.3) is 0 Å². The topological polar surface area (TPSA) is 84.5 Å². The van der Waals surface area contributed by atoms with Crippen molar-refractivity contribution in [3.63, 3.8) is 0 Å². The Morgan fingerprint density at radius 3 is 2.38 bits per heavy atom. The van der Waals surface area contributed by atoms with Crippen LogP contribution in [0.1, 0.15) is 16.7 Å². The molecule has 0 aliphatic heterocycles. The summed E-state index contributed by atoms with van der Waals surface area (Å²) < 4.78 is 32.5. The number of hydrogen-bond donors (Lipinski definition) is 2. The van der Waals surface area contributed by atoms with E-state index in [1.54, 1.807) is 12.1 Å². The monoisotopic (exact) mass is 376 g/mol. The van der Waals surface area contributed by atoms with Crippen molar-refractivity contribution in [2.75, 3.05) is 20.2 Å². The molecule has 0 radical (unpaired) electrons. The van der Waals surface area contributed by atoms with E-state index in [4.69, 9.17) is 4.74 Å². The normalized spacial score (nSPS) is 11.2. The van der Waals surface area contributed by atoms with Gasteiger partial charge in [-0.15, -0.1) is 0 Å².